The molecular formula is C19H15BrN2O4S. The Morgan fingerprint density at radius 3 is 2.48 bits per heavy atom. The van der Waals surface area contributed by atoms with Gasteiger partial charge in [0.1, 0.15) is 5.57 Å². The number of benzene rings is 2. The topological polar surface area (TPSA) is 67.9 Å². The molecule has 1 heterocycles. The Morgan fingerprint density at radius 2 is 1.81 bits per heavy atom. The average Bonchev–Trinajstić information content (AvgIpc) is 2.64. The summed E-state index contributed by atoms with van der Waals surface area (Å²) in [7, 11) is 3.05. The van der Waals surface area contributed by atoms with Crippen LogP contribution in [0.3, 0.4) is 0 Å². The van der Waals surface area contributed by atoms with Crippen LogP contribution in [0.2, 0.25) is 0 Å². The van der Waals surface area contributed by atoms with Crippen molar-refractivity contribution in [3.8, 4) is 11.5 Å². The van der Waals surface area contributed by atoms with E-state index in [4.69, 9.17) is 21.7 Å². The SMILES string of the molecule is COc1ccc(/C=C2\C(=O)NC(=S)N(c3cccc(Br)c3)C2=O)cc1OC. The zero-order valence-corrected chi connectivity index (χ0v) is 16.9. The molecule has 138 valence electrons. The lowest BCUT2D eigenvalue weighted by Crippen LogP contribution is -2.54. The lowest BCUT2D eigenvalue weighted by atomic mass is 10.1. The number of hydrogen-bond acceptors (Lipinski definition) is 5. The molecule has 1 saturated heterocycles. The van der Waals surface area contributed by atoms with E-state index in [1.165, 1.54) is 25.2 Å². The van der Waals surface area contributed by atoms with Gasteiger partial charge >= 0.3 is 0 Å². The molecular weight excluding hydrogens is 432 g/mol. The molecule has 6 nitrogen and oxygen atoms in total. The minimum absolute atomic E-state index is 0.0317. The predicted molar refractivity (Wildman–Crippen MR) is 110 cm³/mol. The summed E-state index contributed by atoms with van der Waals surface area (Å²) in [5.41, 5.74) is 1.14. The van der Waals surface area contributed by atoms with E-state index in [2.05, 4.69) is 21.2 Å². The van der Waals surface area contributed by atoms with Crippen LogP contribution >= 0.6 is 28.1 Å². The molecule has 0 bridgehead atoms. The number of methoxy groups -OCH3 is 2. The maximum atomic E-state index is 13.0. The van der Waals surface area contributed by atoms with Crippen molar-refractivity contribution in [2.75, 3.05) is 19.1 Å². The molecule has 27 heavy (non-hydrogen) atoms. The van der Waals surface area contributed by atoms with Crippen LogP contribution in [0, 0.1) is 0 Å². The van der Waals surface area contributed by atoms with Gasteiger partial charge in [0, 0.05) is 4.47 Å². The van der Waals surface area contributed by atoms with E-state index in [1.807, 2.05) is 6.07 Å². The molecule has 0 radical (unpaired) electrons. The van der Waals surface area contributed by atoms with Crippen molar-refractivity contribution in [3.05, 3.63) is 58.1 Å². The van der Waals surface area contributed by atoms with E-state index in [0.717, 1.165) is 4.47 Å². The molecule has 0 aliphatic carbocycles. The van der Waals surface area contributed by atoms with Gasteiger partial charge in [-0.1, -0.05) is 28.1 Å². The molecule has 3 rings (SSSR count). The van der Waals surface area contributed by atoms with Crippen molar-refractivity contribution in [1.29, 1.82) is 0 Å². The number of rotatable bonds is 4. The molecule has 0 aromatic heterocycles. The van der Waals surface area contributed by atoms with Crippen LogP contribution in [-0.2, 0) is 9.59 Å². The monoisotopic (exact) mass is 446 g/mol. The molecule has 8 heteroatoms. The van der Waals surface area contributed by atoms with Crippen molar-refractivity contribution >= 4 is 56.8 Å². The number of anilines is 1. The number of hydrogen-bond donors (Lipinski definition) is 1. The summed E-state index contributed by atoms with van der Waals surface area (Å²) in [5.74, 6) is -0.00596. The van der Waals surface area contributed by atoms with Gasteiger partial charge in [-0.05, 0) is 54.2 Å². The molecule has 0 atom stereocenters. The lowest BCUT2D eigenvalue weighted by molar-refractivity contribution is -0.122. The van der Waals surface area contributed by atoms with Gasteiger partial charge < -0.3 is 9.47 Å². The van der Waals surface area contributed by atoms with Gasteiger partial charge in [-0.15, -0.1) is 0 Å². The van der Waals surface area contributed by atoms with Crippen LogP contribution < -0.4 is 19.7 Å². The zero-order valence-electron chi connectivity index (χ0n) is 14.5. The van der Waals surface area contributed by atoms with Crippen molar-refractivity contribution < 1.29 is 19.1 Å². The molecule has 1 fully saturated rings. The minimum Gasteiger partial charge on any atom is -0.493 e. The molecule has 2 aromatic carbocycles. The Balaban J connectivity index is 2.02. The van der Waals surface area contributed by atoms with Gasteiger partial charge in [-0.2, -0.15) is 0 Å². The van der Waals surface area contributed by atoms with Gasteiger partial charge in [0.15, 0.2) is 16.6 Å². The number of nitrogens with zero attached hydrogens (tertiary/aromatic N) is 1. The first kappa shape index (κ1) is 19.1. The largest absolute Gasteiger partial charge is 0.493 e. The van der Waals surface area contributed by atoms with E-state index >= 15 is 0 Å². The van der Waals surface area contributed by atoms with Gasteiger partial charge in [0.2, 0.25) is 0 Å². The summed E-state index contributed by atoms with van der Waals surface area (Å²) in [5, 5.41) is 2.59. The van der Waals surface area contributed by atoms with Gasteiger partial charge in [-0.3, -0.25) is 19.8 Å². The fraction of sp³-hybridized carbons (Fsp3) is 0.105. The first-order valence-electron chi connectivity index (χ1n) is 7.83. The summed E-state index contributed by atoms with van der Waals surface area (Å²) in [6.45, 7) is 0. The second-order valence-electron chi connectivity index (χ2n) is 5.55. The van der Waals surface area contributed by atoms with Crippen LogP contribution in [0.5, 0.6) is 11.5 Å². The third kappa shape index (κ3) is 3.86. The fourth-order valence-electron chi connectivity index (χ4n) is 2.62. The number of nitrogens with one attached hydrogen (secondary N) is 1. The first-order valence-corrected chi connectivity index (χ1v) is 9.03. The normalized spacial score (nSPS) is 15.7. The van der Waals surface area contributed by atoms with Crippen molar-refractivity contribution in [1.82, 2.24) is 5.32 Å². The molecule has 2 amide bonds. The number of halogens is 1. The van der Waals surface area contributed by atoms with Gasteiger partial charge in [0.25, 0.3) is 11.8 Å². The number of amides is 2. The number of thiocarbonyl (C=S) groups is 1. The van der Waals surface area contributed by atoms with E-state index in [9.17, 15) is 9.59 Å². The highest BCUT2D eigenvalue weighted by molar-refractivity contribution is 9.10. The molecule has 2 aromatic rings. The van der Waals surface area contributed by atoms with Crippen molar-refractivity contribution in [3.63, 3.8) is 0 Å². The molecule has 1 aliphatic heterocycles. The van der Waals surface area contributed by atoms with Crippen LogP contribution in [0.15, 0.2) is 52.5 Å². The molecule has 0 spiro atoms. The summed E-state index contributed by atoms with van der Waals surface area (Å²) < 4.78 is 11.3. The maximum Gasteiger partial charge on any atom is 0.270 e. The number of carbonyl (C=O) groups excluding carboxylic acids is 2. The summed E-state index contributed by atoms with van der Waals surface area (Å²) in [6, 6.07) is 12.2. The minimum atomic E-state index is -0.550. The average molecular weight is 447 g/mol. The van der Waals surface area contributed by atoms with Crippen LogP contribution in [0.4, 0.5) is 5.69 Å². The second-order valence-corrected chi connectivity index (χ2v) is 6.85. The maximum absolute atomic E-state index is 13.0. The molecule has 0 saturated carbocycles. The molecule has 0 unspecified atom stereocenters. The smallest absolute Gasteiger partial charge is 0.270 e. The Labute approximate surface area is 169 Å². The van der Waals surface area contributed by atoms with Gasteiger partial charge in [-0.25, -0.2) is 0 Å². The standard InChI is InChI=1S/C19H15BrN2O4S/c1-25-15-7-6-11(9-16(15)26-2)8-14-17(23)21-19(27)22(18(14)24)13-5-3-4-12(20)10-13/h3-10H,1-2H3,(H,21,23,27)/b14-8+. The second kappa shape index (κ2) is 7.89. The Morgan fingerprint density at radius 1 is 1.07 bits per heavy atom. The van der Waals surface area contributed by atoms with E-state index < -0.39 is 11.8 Å². The van der Waals surface area contributed by atoms with E-state index in [0.29, 0.717) is 22.7 Å². The third-order valence-corrected chi connectivity index (χ3v) is 4.66. The summed E-state index contributed by atoms with van der Waals surface area (Å²) in [4.78, 5) is 26.6. The lowest BCUT2D eigenvalue weighted by Gasteiger charge is -2.29. The summed E-state index contributed by atoms with van der Waals surface area (Å²) in [6.07, 6.45) is 1.49. The van der Waals surface area contributed by atoms with Gasteiger partial charge in [0.05, 0.1) is 19.9 Å². The van der Waals surface area contributed by atoms with E-state index in [-0.39, 0.29) is 10.7 Å². The van der Waals surface area contributed by atoms with Crippen LogP contribution in [-0.4, -0.2) is 31.1 Å². The van der Waals surface area contributed by atoms with Crippen LogP contribution in [0.25, 0.3) is 6.08 Å². The number of carbonyl (C=O) groups is 2. The zero-order chi connectivity index (χ0) is 19.6. The first-order chi connectivity index (χ1) is 12.9. The molecule has 1 aliphatic rings. The number of ether oxygens (including phenoxy) is 2. The Kier molecular flexibility index (Phi) is 5.57. The summed E-state index contributed by atoms with van der Waals surface area (Å²) >= 11 is 8.56. The molecule has 1 N–H and O–H groups in total. The Hall–Kier alpha value is -2.71. The quantitative estimate of drug-likeness (QED) is 0.443. The van der Waals surface area contributed by atoms with Crippen molar-refractivity contribution in [2.24, 2.45) is 0 Å². The van der Waals surface area contributed by atoms with Crippen LogP contribution in [0.1, 0.15) is 5.56 Å². The van der Waals surface area contributed by atoms with E-state index in [1.54, 1.807) is 36.4 Å². The highest BCUT2D eigenvalue weighted by Crippen LogP contribution is 2.29. The van der Waals surface area contributed by atoms with Crippen molar-refractivity contribution in [2.45, 2.75) is 0 Å². The third-order valence-electron chi connectivity index (χ3n) is 3.89. The highest BCUT2D eigenvalue weighted by Gasteiger charge is 2.34. The predicted octanol–water partition coefficient (Wildman–Crippen LogP) is 3.30. The highest BCUT2D eigenvalue weighted by atomic mass is 79.9. The Bertz CT molecular complexity index is 974. The fourth-order valence-corrected chi connectivity index (χ4v) is 3.28.